The number of fused-ring (bicyclic) bond motifs is 1. The van der Waals surface area contributed by atoms with Crippen molar-refractivity contribution in [3.8, 4) is 0 Å². The lowest BCUT2D eigenvalue weighted by Gasteiger charge is -2.13. The van der Waals surface area contributed by atoms with Crippen LogP contribution in [0.25, 0.3) is 0 Å². The summed E-state index contributed by atoms with van der Waals surface area (Å²) in [5, 5.41) is 6.21. The van der Waals surface area contributed by atoms with Gasteiger partial charge in [0.25, 0.3) is 0 Å². The normalized spacial score (nSPS) is 15.3. The van der Waals surface area contributed by atoms with E-state index >= 15 is 0 Å². The predicted molar refractivity (Wildman–Crippen MR) is 70.1 cm³/mol. The number of hydrogen-bond acceptors (Lipinski definition) is 3. The zero-order valence-corrected chi connectivity index (χ0v) is 10.1. The minimum absolute atomic E-state index is 0.0775. The van der Waals surface area contributed by atoms with Gasteiger partial charge in [-0.3, -0.25) is 4.79 Å². The van der Waals surface area contributed by atoms with Gasteiger partial charge in [-0.05, 0) is 42.6 Å². The van der Waals surface area contributed by atoms with Crippen molar-refractivity contribution in [2.24, 2.45) is 11.7 Å². The molecule has 0 aromatic heterocycles. The van der Waals surface area contributed by atoms with Gasteiger partial charge in [-0.15, -0.1) is 0 Å². The molecule has 1 aliphatic heterocycles. The molecule has 17 heavy (non-hydrogen) atoms. The fourth-order valence-corrected chi connectivity index (χ4v) is 2.02. The summed E-state index contributed by atoms with van der Waals surface area (Å²) in [5.74, 6) is 0.640. The monoisotopic (exact) mass is 233 g/mol. The highest BCUT2D eigenvalue weighted by Gasteiger charge is 2.17. The van der Waals surface area contributed by atoms with Gasteiger partial charge in [0.05, 0.1) is 6.42 Å². The molecule has 4 N–H and O–H groups in total. The molecule has 0 fully saturated rings. The van der Waals surface area contributed by atoms with Gasteiger partial charge in [0.15, 0.2) is 0 Å². The first kappa shape index (κ1) is 11.9. The molecule has 1 unspecified atom stereocenters. The lowest BCUT2D eigenvalue weighted by molar-refractivity contribution is -0.115. The highest BCUT2D eigenvalue weighted by Crippen LogP contribution is 2.26. The first-order valence-electron chi connectivity index (χ1n) is 6.05. The summed E-state index contributed by atoms with van der Waals surface area (Å²) < 4.78 is 0. The Hall–Kier alpha value is -1.55. The van der Waals surface area contributed by atoms with Crippen molar-refractivity contribution in [2.45, 2.75) is 19.8 Å². The van der Waals surface area contributed by atoms with Gasteiger partial charge in [0.1, 0.15) is 0 Å². The van der Waals surface area contributed by atoms with Gasteiger partial charge in [0, 0.05) is 17.9 Å². The molecule has 0 spiro atoms. The maximum Gasteiger partial charge on any atom is 0.228 e. The lowest BCUT2D eigenvalue weighted by atomic mass is 10.1. The van der Waals surface area contributed by atoms with Crippen LogP contribution in [0.5, 0.6) is 0 Å². The van der Waals surface area contributed by atoms with E-state index in [4.69, 9.17) is 5.73 Å². The van der Waals surface area contributed by atoms with Crippen molar-refractivity contribution >= 4 is 17.3 Å². The molecular weight excluding hydrogens is 214 g/mol. The number of nitrogens with two attached hydrogens (primary N) is 1. The number of carbonyl (C=O) groups is 1. The minimum atomic E-state index is 0.0775. The number of hydrogen-bond donors (Lipinski definition) is 3. The Bertz CT molecular complexity index is 417. The van der Waals surface area contributed by atoms with E-state index < -0.39 is 0 Å². The Balaban J connectivity index is 1.95. The second kappa shape index (κ2) is 5.19. The van der Waals surface area contributed by atoms with Crippen molar-refractivity contribution in [3.05, 3.63) is 23.8 Å². The van der Waals surface area contributed by atoms with Crippen LogP contribution in [-0.2, 0) is 11.2 Å². The Morgan fingerprint density at radius 2 is 2.35 bits per heavy atom. The van der Waals surface area contributed by atoms with Crippen molar-refractivity contribution in [1.29, 1.82) is 0 Å². The third-order valence-electron chi connectivity index (χ3n) is 3.04. The number of anilines is 2. The van der Waals surface area contributed by atoms with Gasteiger partial charge < -0.3 is 16.4 Å². The molecule has 0 saturated heterocycles. The topological polar surface area (TPSA) is 67.1 Å². The number of carbonyl (C=O) groups excluding carboxylic acids is 1. The highest BCUT2D eigenvalue weighted by molar-refractivity contribution is 5.99. The van der Waals surface area contributed by atoms with Crippen molar-refractivity contribution in [2.75, 3.05) is 23.7 Å². The van der Waals surface area contributed by atoms with Crippen LogP contribution in [0.4, 0.5) is 11.4 Å². The van der Waals surface area contributed by atoms with Crippen molar-refractivity contribution in [3.63, 3.8) is 0 Å². The standard InChI is InChI=1S/C13H19N3O/c1-9(4-5-14)8-15-11-2-3-12-10(6-11)7-13(17)16-12/h2-3,6,9,15H,4-5,7-8,14H2,1H3,(H,16,17). The molecule has 1 aromatic rings. The fraction of sp³-hybridized carbons (Fsp3) is 0.462. The van der Waals surface area contributed by atoms with Crippen LogP contribution in [0, 0.1) is 5.92 Å². The molecule has 1 heterocycles. The van der Waals surface area contributed by atoms with Gasteiger partial charge in [0.2, 0.25) is 5.91 Å². The molecule has 0 aliphatic carbocycles. The minimum Gasteiger partial charge on any atom is -0.385 e. The van der Waals surface area contributed by atoms with Crippen LogP contribution < -0.4 is 16.4 Å². The Morgan fingerprint density at radius 3 is 3.12 bits per heavy atom. The molecule has 92 valence electrons. The molecule has 4 heteroatoms. The molecule has 4 nitrogen and oxygen atoms in total. The van der Waals surface area contributed by atoms with Gasteiger partial charge in [-0.25, -0.2) is 0 Å². The molecule has 2 rings (SSSR count). The zero-order valence-electron chi connectivity index (χ0n) is 10.1. The first-order valence-corrected chi connectivity index (χ1v) is 6.05. The average Bonchev–Trinajstić information content (AvgIpc) is 2.66. The van der Waals surface area contributed by atoms with E-state index in [0.717, 1.165) is 36.4 Å². The summed E-state index contributed by atoms with van der Waals surface area (Å²) in [4.78, 5) is 11.2. The van der Waals surface area contributed by atoms with Crippen LogP contribution >= 0.6 is 0 Å². The van der Waals surface area contributed by atoms with Gasteiger partial charge >= 0.3 is 0 Å². The van der Waals surface area contributed by atoms with E-state index in [1.54, 1.807) is 0 Å². The maximum absolute atomic E-state index is 11.2. The van der Waals surface area contributed by atoms with Crippen LogP contribution in [0.2, 0.25) is 0 Å². The maximum atomic E-state index is 11.2. The zero-order chi connectivity index (χ0) is 12.3. The third kappa shape index (κ3) is 2.97. The van der Waals surface area contributed by atoms with Crippen LogP contribution in [0.1, 0.15) is 18.9 Å². The predicted octanol–water partition coefficient (Wildman–Crippen LogP) is 1.58. The smallest absolute Gasteiger partial charge is 0.228 e. The van der Waals surface area contributed by atoms with E-state index in [9.17, 15) is 4.79 Å². The number of nitrogens with one attached hydrogen (secondary N) is 2. The van der Waals surface area contributed by atoms with Gasteiger partial charge in [-0.2, -0.15) is 0 Å². The SMILES string of the molecule is CC(CCN)CNc1ccc2c(c1)CC(=O)N2. The molecule has 0 radical (unpaired) electrons. The van der Waals surface area contributed by atoms with Crippen LogP contribution in [-0.4, -0.2) is 19.0 Å². The molecule has 1 amide bonds. The summed E-state index contributed by atoms with van der Waals surface area (Å²) in [5.41, 5.74) is 8.60. The van der Waals surface area contributed by atoms with E-state index in [1.807, 2.05) is 18.2 Å². The van der Waals surface area contributed by atoms with Crippen molar-refractivity contribution in [1.82, 2.24) is 0 Å². The molecule has 0 bridgehead atoms. The summed E-state index contributed by atoms with van der Waals surface area (Å²) in [6.07, 6.45) is 1.52. The van der Waals surface area contributed by atoms with E-state index in [2.05, 4.69) is 17.6 Å². The summed E-state index contributed by atoms with van der Waals surface area (Å²) in [7, 11) is 0. The first-order chi connectivity index (χ1) is 8.19. The second-order valence-corrected chi connectivity index (χ2v) is 4.66. The second-order valence-electron chi connectivity index (χ2n) is 4.66. The average molecular weight is 233 g/mol. The van der Waals surface area contributed by atoms with E-state index in [1.165, 1.54) is 0 Å². The Kier molecular flexibility index (Phi) is 3.64. The summed E-state index contributed by atoms with van der Waals surface area (Å²) in [6.45, 7) is 3.82. The molecule has 0 saturated carbocycles. The van der Waals surface area contributed by atoms with Gasteiger partial charge in [-0.1, -0.05) is 6.92 Å². The number of rotatable bonds is 5. The quantitative estimate of drug-likeness (QED) is 0.723. The molecule has 1 aliphatic rings. The van der Waals surface area contributed by atoms with Crippen LogP contribution in [0.15, 0.2) is 18.2 Å². The summed E-state index contributed by atoms with van der Waals surface area (Å²) >= 11 is 0. The number of benzene rings is 1. The highest BCUT2D eigenvalue weighted by atomic mass is 16.1. The molecular formula is C13H19N3O. The summed E-state index contributed by atoms with van der Waals surface area (Å²) in [6, 6.07) is 6.00. The number of amides is 1. The van der Waals surface area contributed by atoms with E-state index in [-0.39, 0.29) is 5.91 Å². The van der Waals surface area contributed by atoms with Crippen molar-refractivity contribution < 1.29 is 4.79 Å². The van der Waals surface area contributed by atoms with Crippen LogP contribution in [0.3, 0.4) is 0 Å². The molecule has 1 aromatic carbocycles. The third-order valence-corrected chi connectivity index (χ3v) is 3.04. The fourth-order valence-electron chi connectivity index (χ4n) is 2.02. The van der Waals surface area contributed by atoms with E-state index in [0.29, 0.717) is 12.3 Å². The largest absolute Gasteiger partial charge is 0.385 e. The lowest BCUT2D eigenvalue weighted by Crippen LogP contribution is -2.15. The Labute approximate surface area is 102 Å². The molecule has 1 atom stereocenters. The Morgan fingerprint density at radius 1 is 1.53 bits per heavy atom.